The van der Waals surface area contributed by atoms with Gasteiger partial charge in [0.05, 0.1) is 28.9 Å². The van der Waals surface area contributed by atoms with Gasteiger partial charge in [0.15, 0.2) is 18.1 Å². The van der Waals surface area contributed by atoms with Crippen LogP contribution in [0, 0.1) is 6.92 Å². The van der Waals surface area contributed by atoms with Gasteiger partial charge in [-0.15, -0.1) is 0 Å². The van der Waals surface area contributed by atoms with Gasteiger partial charge < -0.3 is 19.5 Å². The Balaban J connectivity index is 1.51. The molecule has 222 valence electrons. The van der Waals surface area contributed by atoms with Crippen molar-refractivity contribution in [3.05, 3.63) is 87.4 Å². The Bertz CT molecular complexity index is 1620. The molecule has 3 aromatic carbocycles. The summed E-state index contributed by atoms with van der Waals surface area (Å²) in [6, 6.07) is 15.3. The van der Waals surface area contributed by atoms with E-state index in [0.717, 1.165) is 10.5 Å². The van der Waals surface area contributed by atoms with Crippen molar-refractivity contribution in [2.45, 2.75) is 20.8 Å². The highest BCUT2D eigenvalue weighted by Crippen LogP contribution is 2.38. The lowest BCUT2D eigenvalue weighted by molar-refractivity contribution is -0.122. The van der Waals surface area contributed by atoms with Gasteiger partial charge in [0.25, 0.3) is 17.7 Å². The van der Waals surface area contributed by atoms with Crippen LogP contribution in [0.5, 0.6) is 11.5 Å². The van der Waals surface area contributed by atoms with Crippen LogP contribution in [0.1, 0.15) is 35.3 Å². The molecule has 1 aliphatic heterocycles. The minimum Gasteiger partial charge on any atom is -0.490 e. The predicted octanol–water partition coefficient (Wildman–Crippen LogP) is 5.02. The summed E-state index contributed by atoms with van der Waals surface area (Å²) in [5.41, 5.74) is 2.14. The molecule has 0 bridgehead atoms. The number of hydrogen-bond donors (Lipinski definition) is 2. The topological polar surface area (TPSA) is 140 Å². The second-order valence-electron chi connectivity index (χ2n) is 9.19. The Kier molecular flexibility index (Phi) is 9.94. The van der Waals surface area contributed by atoms with Crippen molar-refractivity contribution in [1.82, 2.24) is 5.32 Å². The van der Waals surface area contributed by atoms with E-state index in [9.17, 15) is 24.0 Å². The molecule has 2 N–H and O–H groups in total. The first-order valence-electron chi connectivity index (χ1n) is 13.3. The van der Waals surface area contributed by atoms with Gasteiger partial charge in [-0.3, -0.25) is 19.7 Å². The molecule has 1 fully saturated rings. The Morgan fingerprint density at radius 1 is 0.977 bits per heavy atom. The summed E-state index contributed by atoms with van der Waals surface area (Å²) in [5.74, 6) is -2.05. The molecule has 0 saturated carbocycles. The number of ether oxygens (including phenoxy) is 3. The number of halogens is 1. The molecule has 1 aliphatic rings. The number of rotatable bonds is 10. The van der Waals surface area contributed by atoms with Crippen LogP contribution >= 0.6 is 15.9 Å². The van der Waals surface area contributed by atoms with Crippen molar-refractivity contribution in [3.8, 4) is 11.5 Å². The number of aryl methyl sites for hydroxylation is 1. The quantitative estimate of drug-likeness (QED) is 0.177. The fourth-order valence-electron chi connectivity index (χ4n) is 4.14. The van der Waals surface area contributed by atoms with E-state index in [-0.39, 0.29) is 36.9 Å². The number of benzene rings is 3. The summed E-state index contributed by atoms with van der Waals surface area (Å²) in [6.45, 7) is 5.45. The summed E-state index contributed by atoms with van der Waals surface area (Å²) < 4.78 is 16.8. The van der Waals surface area contributed by atoms with Crippen molar-refractivity contribution in [3.63, 3.8) is 0 Å². The fourth-order valence-corrected chi connectivity index (χ4v) is 4.71. The van der Waals surface area contributed by atoms with Gasteiger partial charge in [-0.05, 0) is 102 Å². The summed E-state index contributed by atoms with van der Waals surface area (Å²) in [7, 11) is 0. The van der Waals surface area contributed by atoms with Crippen molar-refractivity contribution >= 4 is 63.1 Å². The lowest BCUT2D eigenvalue weighted by atomic mass is 10.1. The Morgan fingerprint density at radius 3 is 2.40 bits per heavy atom. The number of amides is 5. The van der Waals surface area contributed by atoms with Crippen LogP contribution in [0.4, 0.5) is 16.2 Å². The third kappa shape index (κ3) is 7.46. The predicted molar refractivity (Wildman–Crippen MR) is 162 cm³/mol. The number of anilines is 2. The van der Waals surface area contributed by atoms with E-state index in [1.54, 1.807) is 68.4 Å². The smallest absolute Gasteiger partial charge is 0.338 e. The third-order valence-electron chi connectivity index (χ3n) is 6.03. The first-order valence-corrected chi connectivity index (χ1v) is 14.0. The molecule has 4 rings (SSSR count). The molecule has 12 heteroatoms. The van der Waals surface area contributed by atoms with E-state index in [4.69, 9.17) is 14.2 Å². The minimum absolute atomic E-state index is 0.229. The van der Waals surface area contributed by atoms with Gasteiger partial charge in [0, 0.05) is 5.69 Å². The van der Waals surface area contributed by atoms with Crippen LogP contribution < -0.4 is 25.0 Å². The van der Waals surface area contributed by atoms with Crippen molar-refractivity contribution in [2.75, 3.05) is 30.0 Å². The summed E-state index contributed by atoms with van der Waals surface area (Å²) >= 11 is 3.42. The number of barbiturate groups is 1. The largest absolute Gasteiger partial charge is 0.490 e. The fraction of sp³-hybridized carbons (Fsp3) is 0.194. The maximum absolute atomic E-state index is 13.3. The molecule has 11 nitrogen and oxygen atoms in total. The van der Waals surface area contributed by atoms with Crippen LogP contribution in [0.25, 0.3) is 6.08 Å². The van der Waals surface area contributed by atoms with Crippen LogP contribution in [0.2, 0.25) is 0 Å². The van der Waals surface area contributed by atoms with Gasteiger partial charge in [-0.25, -0.2) is 14.5 Å². The van der Waals surface area contributed by atoms with E-state index in [0.29, 0.717) is 27.0 Å². The zero-order valence-electron chi connectivity index (χ0n) is 23.6. The number of nitrogens with zero attached hydrogens (tertiary/aromatic N) is 1. The average molecular weight is 650 g/mol. The number of hydrogen-bond acceptors (Lipinski definition) is 8. The normalized spacial score (nSPS) is 13.9. The molecule has 0 spiro atoms. The maximum atomic E-state index is 13.3. The molecular weight excluding hydrogens is 622 g/mol. The van der Waals surface area contributed by atoms with Gasteiger partial charge >= 0.3 is 12.0 Å². The van der Waals surface area contributed by atoms with Crippen LogP contribution in [-0.4, -0.2) is 49.5 Å². The first-order chi connectivity index (χ1) is 20.6. The summed E-state index contributed by atoms with van der Waals surface area (Å²) in [6.07, 6.45) is 1.34. The molecule has 0 unspecified atom stereocenters. The number of carbonyl (C=O) groups excluding carboxylic acids is 5. The Labute approximate surface area is 255 Å². The molecule has 0 radical (unpaired) electrons. The molecule has 1 saturated heterocycles. The Hall–Kier alpha value is -4.97. The van der Waals surface area contributed by atoms with Gasteiger partial charge in [0.1, 0.15) is 5.57 Å². The second kappa shape index (κ2) is 13.8. The number of urea groups is 1. The zero-order chi connectivity index (χ0) is 31.1. The second-order valence-corrected chi connectivity index (χ2v) is 10.0. The molecule has 0 aliphatic carbocycles. The number of imide groups is 2. The van der Waals surface area contributed by atoms with Crippen molar-refractivity contribution in [1.29, 1.82) is 0 Å². The van der Waals surface area contributed by atoms with Crippen LogP contribution in [0.15, 0.2) is 70.7 Å². The molecule has 5 amide bonds. The van der Waals surface area contributed by atoms with Gasteiger partial charge in [-0.2, -0.15) is 0 Å². The zero-order valence-corrected chi connectivity index (χ0v) is 25.1. The number of esters is 1. The minimum atomic E-state index is -0.842. The SMILES string of the molecule is CCOC(=O)c1ccc(NC(=O)COc2c(Br)cc(/C=C3\C(=O)NC(=O)N(c4cccc(C)c4)C3=O)cc2OCC)cc1. The van der Waals surface area contributed by atoms with Crippen molar-refractivity contribution in [2.24, 2.45) is 0 Å². The first kappa shape index (κ1) is 31.0. The molecule has 0 atom stereocenters. The maximum Gasteiger partial charge on any atom is 0.338 e. The average Bonchev–Trinajstić information content (AvgIpc) is 2.95. The highest BCUT2D eigenvalue weighted by atomic mass is 79.9. The standard InChI is InChI=1S/C31H28BrN3O8/c1-4-41-25-16-19(14-23-28(37)34-31(40)35(29(23)38)22-8-6-7-18(3)13-22)15-24(32)27(25)43-17-26(36)33-21-11-9-20(10-12-21)30(39)42-5-2/h6-16H,4-5,17H2,1-3H3,(H,33,36)(H,34,37,40)/b23-14+. The number of carbonyl (C=O) groups is 5. The lowest BCUT2D eigenvalue weighted by Gasteiger charge is -2.26. The summed E-state index contributed by atoms with van der Waals surface area (Å²) in [5, 5.41) is 4.89. The highest BCUT2D eigenvalue weighted by Gasteiger charge is 2.37. The van der Waals surface area contributed by atoms with Gasteiger partial charge in [-0.1, -0.05) is 12.1 Å². The molecule has 1 heterocycles. The van der Waals surface area contributed by atoms with E-state index in [2.05, 4.69) is 26.6 Å². The third-order valence-corrected chi connectivity index (χ3v) is 6.62. The van der Waals surface area contributed by atoms with E-state index >= 15 is 0 Å². The molecule has 43 heavy (non-hydrogen) atoms. The van der Waals surface area contributed by atoms with Crippen LogP contribution in [-0.2, 0) is 19.1 Å². The van der Waals surface area contributed by atoms with E-state index < -0.39 is 29.7 Å². The molecule has 3 aromatic rings. The molecular formula is C31H28BrN3O8. The van der Waals surface area contributed by atoms with Crippen molar-refractivity contribution < 1.29 is 38.2 Å². The van der Waals surface area contributed by atoms with E-state index in [1.807, 2.05) is 13.0 Å². The summed E-state index contributed by atoms with van der Waals surface area (Å²) in [4.78, 5) is 63.7. The lowest BCUT2D eigenvalue weighted by Crippen LogP contribution is -2.54. The molecule has 0 aromatic heterocycles. The van der Waals surface area contributed by atoms with E-state index in [1.165, 1.54) is 6.08 Å². The highest BCUT2D eigenvalue weighted by molar-refractivity contribution is 9.10. The monoisotopic (exact) mass is 649 g/mol. The van der Waals surface area contributed by atoms with Crippen LogP contribution in [0.3, 0.4) is 0 Å². The Morgan fingerprint density at radius 2 is 1.72 bits per heavy atom. The van der Waals surface area contributed by atoms with Gasteiger partial charge in [0.2, 0.25) is 0 Å². The number of nitrogens with one attached hydrogen (secondary N) is 2.